The Morgan fingerprint density at radius 3 is 2.54 bits per heavy atom. The number of carbonyl (C=O) groups excluding carboxylic acids is 1. The summed E-state index contributed by atoms with van der Waals surface area (Å²) in [7, 11) is 3.66. The largest absolute Gasteiger partial charge is 0.347 e. The summed E-state index contributed by atoms with van der Waals surface area (Å²) in [5.74, 6) is 0.256. The second-order valence-corrected chi connectivity index (χ2v) is 4.22. The Bertz CT molecular complexity index is 189. The molecule has 0 bridgehead atoms. The fourth-order valence-corrected chi connectivity index (χ4v) is 1.97. The number of carbonyl (C=O) groups is 1. The Kier molecular flexibility index (Phi) is 3.31. The molecule has 3 heteroatoms. The lowest BCUT2D eigenvalue weighted by Gasteiger charge is -2.29. The summed E-state index contributed by atoms with van der Waals surface area (Å²) >= 11 is 0. The summed E-state index contributed by atoms with van der Waals surface area (Å²) < 4.78 is 0. The van der Waals surface area contributed by atoms with E-state index in [1.54, 1.807) is 4.90 Å². The molecular formula is C10H20N2O. The van der Waals surface area contributed by atoms with E-state index in [0.717, 1.165) is 19.4 Å². The van der Waals surface area contributed by atoms with Gasteiger partial charge in [-0.2, -0.15) is 0 Å². The van der Waals surface area contributed by atoms with Gasteiger partial charge in [0.15, 0.2) is 0 Å². The molecule has 1 fully saturated rings. The zero-order chi connectivity index (χ0) is 10.0. The van der Waals surface area contributed by atoms with Crippen LogP contribution in [0.3, 0.4) is 0 Å². The van der Waals surface area contributed by atoms with E-state index >= 15 is 0 Å². The van der Waals surface area contributed by atoms with Crippen molar-refractivity contribution >= 4 is 5.91 Å². The van der Waals surface area contributed by atoms with Crippen molar-refractivity contribution in [3.05, 3.63) is 0 Å². The summed E-state index contributed by atoms with van der Waals surface area (Å²) in [5, 5.41) is 0. The first-order chi connectivity index (χ1) is 6.04. The first-order valence-corrected chi connectivity index (χ1v) is 5.01. The Hall–Kier alpha value is -0.570. The Balaban J connectivity index is 2.63. The number of likely N-dealkylation sites (N-methyl/N-ethyl adjacent to an activating group) is 1. The molecule has 1 saturated heterocycles. The lowest BCUT2D eigenvalue weighted by Crippen LogP contribution is -2.45. The molecule has 3 nitrogen and oxygen atoms in total. The average Bonchev–Trinajstić information content (AvgIpc) is 2.50. The van der Waals surface area contributed by atoms with E-state index in [-0.39, 0.29) is 11.9 Å². The number of hydrogen-bond acceptors (Lipinski definition) is 2. The van der Waals surface area contributed by atoms with Gasteiger partial charge in [0.2, 0.25) is 5.91 Å². The molecule has 13 heavy (non-hydrogen) atoms. The highest BCUT2D eigenvalue weighted by Gasteiger charge is 2.32. The third kappa shape index (κ3) is 2.21. The number of nitrogens with zero attached hydrogens (tertiary/aromatic N) is 2. The number of hydrogen-bond donors (Lipinski definition) is 0. The van der Waals surface area contributed by atoms with Crippen LogP contribution >= 0.6 is 0 Å². The molecule has 1 aliphatic heterocycles. The van der Waals surface area contributed by atoms with E-state index in [0.29, 0.717) is 6.04 Å². The number of likely N-dealkylation sites (tertiary alicyclic amines) is 1. The standard InChI is InChI=1S/C10H20N2O/c1-8(2)12-7-5-6-9(12)10(13)11(3)4/h8-9H,5-7H2,1-4H3/t9-/m1/s1. The fourth-order valence-electron chi connectivity index (χ4n) is 1.97. The molecule has 0 aromatic carbocycles. The summed E-state index contributed by atoms with van der Waals surface area (Å²) in [4.78, 5) is 15.7. The number of amides is 1. The number of rotatable bonds is 2. The Morgan fingerprint density at radius 2 is 2.08 bits per heavy atom. The molecule has 1 rings (SSSR count). The van der Waals surface area contributed by atoms with Crippen LogP contribution in [0.4, 0.5) is 0 Å². The molecule has 1 amide bonds. The summed E-state index contributed by atoms with van der Waals surface area (Å²) in [5.41, 5.74) is 0. The van der Waals surface area contributed by atoms with Crippen LogP contribution in [0.2, 0.25) is 0 Å². The maximum absolute atomic E-state index is 11.7. The zero-order valence-electron chi connectivity index (χ0n) is 9.08. The highest BCUT2D eigenvalue weighted by atomic mass is 16.2. The minimum Gasteiger partial charge on any atom is -0.347 e. The van der Waals surface area contributed by atoms with Crippen molar-refractivity contribution in [1.29, 1.82) is 0 Å². The predicted octanol–water partition coefficient (Wildman–Crippen LogP) is 0.947. The normalized spacial score (nSPS) is 23.9. The second kappa shape index (κ2) is 4.09. The van der Waals surface area contributed by atoms with Gasteiger partial charge in [-0.15, -0.1) is 0 Å². The van der Waals surface area contributed by atoms with Gasteiger partial charge in [-0.3, -0.25) is 9.69 Å². The second-order valence-electron chi connectivity index (χ2n) is 4.22. The molecule has 0 aromatic rings. The molecule has 0 aliphatic carbocycles. The SMILES string of the molecule is CC(C)N1CCC[C@@H]1C(=O)N(C)C. The molecule has 0 unspecified atom stereocenters. The van der Waals surface area contributed by atoms with Crippen LogP contribution in [-0.4, -0.2) is 48.4 Å². The molecule has 0 saturated carbocycles. The zero-order valence-corrected chi connectivity index (χ0v) is 9.08. The lowest BCUT2D eigenvalue weighted by molar-refractivity contribution is -0.133. The van der Waals surface area contributed by atoms with Crippen molar-refractivity contribution in [2.45, 2.75) is 38.8 Å². The monoisotopic (exact) mass is 184 g/mol. The van der Waals surface area contributed by atoms with Gasteiger partial charge >= 0.3 is 0 Å². The summed E-state index contributed by atoms with van der Waals surface area (Å²) in [6, 6.07) is 0.617. The van der Waals surface area contributed by atoms with E-state index < -0.39 is 0 Å². The van der Waals surface area contributed by atoms with Crippen molar-refractivity contribution in [3.8, 4) is 0 Å². The lowest BCUT2D eigenvalue weighted by atomic mass is 10.2. The maximum atomic E-state index is 11.7. The van der Waals surface area contributed by atoms with Crippen molar-refractivity contribution in [1.82, 2.24) is 9.80 Å². The van der Waals surface area contributed by atoms with Crippen LogP contribution in [0, 0.1) is 0 Å². The topological polar surface area (TPSA) is 23.6 Å². The van der Waals surface area contributed by atoms with Gasteiger partial charge < -0.3 is 4.90 Å². The van der Waals surface area contributed by atoms with E-state index in [1.165, 1.54) is 0 Å². The minimum atomic E-state index is 0.134. The average molecular weight is 184 g/mol. The third-order valence-corrected chi connectivity index (χ3v) is 2.68. The molecule has 0 aromatic heterocycles. The molecule has 1 atom stereocenters. The van der Waals surface area contributed by atoms with E-state index in [2.05, 4.69) is 18.7 Å². The van der Waals surface area contributed by atoms with Gasteiger partial charge in [-0.25, -0.2) is 0 Å². The highest BCUT2D eigenvalue weighted by molar-refractivity contribution is 5.81. The molecule has 1 aliphatic rings. The summed E-state index contributed by atoms with van der Waals surface area (Å²) in [6.45, 7) is 5.38. The molecule has 1 heterocycles. The van der Waals surface area contributed by atoms with Crippen molar-refractivity contribution in [3.63, 3.8) is 0 Å². The smallest absolute Gasteiger partial charge is 0.239 e. The van der Waals surface area contributed by atoms with Gasteiger partial charge in [-0.1, -0.05) is 0 Å². The maximum Gasteiger partial charge on any atom is 0.239 e. The molecule has 76 valence electrons. The quantitative estimate of drug-likeness (QED) is 0.638. The Morgan fingerprint density at radius 1 is 1.46 bits per heavy atom. The van der Waals surface area contributed by atoms with E-state index in [4.69, 9.17) is 0 Å². The van der Waals surface area contributed by atoms with E-state index in [9.17, 15) is 4.79 Å². The highest BCUT2D eigenvalue weighted by Crippen LogP contribution is 2.20. The minimum absolute atomic E-state index is 0.134. The fraction of sp³-hybridized carbons (Fsp3) is 0.900. The van der Waals surface area contributed by atoms with Gasteiger partial charge in [-0.05, 0) is 33.2 Å². The van der Waals surface area contributed by atoms with E-state index in [1.807, 2.05) is 14.1 Å². The van der Waals surface area contributed by atoms with Crippen molar-refractivity contribution < 1.29 is 4.79 Å². The molecule has 0 spiro atoms. The van der Waals surface area contributed by atoms with Crippen LogP contribution in [0.5, 0.6) is 0 Å². The third-order valence-electron chi connectivity index (χ3n) is 2.68. The summed E-state index contributed by atoms with van der Waals surface area (Å²) in [6.07, 6.45) is 2.18. The first kappa shape index (κ1) is 10.5. The van der Waals surface area contributed by atoms with Crippen LogP contribution in [-0.2, 0) is 4.79 Å². The Labute approximate surface area is 80.7 Å². The molecule has 0 N–H and O–H groups in total. The van der Waals surface area contributed by atoms with Gasteiger partial charge in [0.05, 0.1) is 6.04 Å². The molecule has 0 radical (unpaired) electrons. The predicted molar refractivity (Wildman–Crippen MR) is 53.6 cm³/mol. The van der Waals surface area contributed by atoms with Crippen molar-refractivity contribution in [2.75, 3.05) is 20.6 Å². The van der Waals surface area contributed by atoms with Crippen molar-refractivity contribution in [2.24, 2.45) is 0 Å². The van der Waals surface area contributed by atoms with Crippen LogP contribution in [0.1, 0.15) is 26.7 Å². The van der Waals surface area contributed by atoms with Gasteiger partial charge in [0, 0.05) is 20.1 Å². The van der Waals surface area contributed by atoms with Crippen LogP contribution in [0.15, 0.2) is 0 Å². The van der Waals surface area contributed by atoms with Gasteiger partial charge in [0.25, 0.3) is 0 Å². The first-order valence-electron chi connectivity index (χ1n) is 5.01. The molecular weight excluding hydrogens is 164 g/mol. The van der Waals surface area contributed by atoms with Gasteiger partial charge in [0.1, 0.15) is 0 Å². The van der Waals surface area contributed by atoms with Crippen LogP contribution < -0.4 is 0 Å². The van der Waals surface area contributed by atoms with Crippen LogP contribution in [0.25, 0.3) is 0 Å².